The highest BCUT2D eigenvalue weighted by atomic mass is 127. The minimum absolute atomic E-state index is 0.807. The second-order valence-electron chi connectivity index (χ2n) is 4.42. The van der Waals surface area contributed by atoms with Crippen LogP contribution in [0, 0.1) is 11.3 Å². The van der Waals surface area contributed by atoms with E-state index in [-0.39, 0.29) is 0 Å². The number of piperidine rings is 1. The molecule has 0 atom stereocenters. The predicted molar refractivity (Wildman–Crippen MR) is 55.7 cm³/mol. The molecule has 0 aromatic rings. The molecule has 2 heteroatoms. The fourth-order valence-electron chi connectivity index (χ4n) is 2.78. The van der Waals surface area contributed by atoms with E-state index in [2.05, 4.69) is 32.9 Å². The van der Waals surface area contributed by atoms with Gasteiger partial charge in [-0.15, -0.1) is 0 Å². The zero-order valence-corrected chi connectivity index (χ0v) is 9.30. The van der Waals surface area contributed by atoms with Crippen molar-refractivity contribution in [3.8, 4) is 0 Å². The first kappa shape index (κ1) is 8.30. The molecule has 11 heavy (non-hydrogen) atoms. The number of nitrogens with zero attached hydrogens (tertiary/aromatic N) is 1. The molecule has 2 rings (SSSR count). The standard InChI is InChI=1S/C9H16IN/c1-8-6-9(7-8)2-4-11(10)5-3-9/h8H,2-7H2,1H3. The smallest absolute Gasteiger partial charge is 0.0201 e. The molecular weight excluding hydrogens is 249 g/mol. The molecule has 2 fully saturated rings. The zero-order chi connectivity index (χ0) is 7.90. The van der Waals surface area contributed by atoms with E-state index in [0.717, 1.165) is 11.3 Å². The van der Waals surface area contributed by atoms with Crippen LogP contribution in [0.15, 0.2) is 0 Å². The van der Waals surface area contributed by atoms with Crippen LogP contribution in [0.3, 0.4) is 0 Å². The molecule has 0 N–H and O–H groups in total. The van der Waals surface area contributed by atoms with Gasteiger partial charge in [-0.3, -0.25) is 0 Å². The van der Waals surface area contributed by atoms with Gasteiger partial charge in [0.1, 0.15) is 0 Å². The van der Waals surface area contributed by atoms with Gasteiger partial charge in [-0.05, 0) is 37.0 Å². The Morgan fingerprint density at radius 3 is 2.27 bits per heavy atom. The van der Waals surface area contributed by atoms with Crippen LogP contribution in [-0.4, -0.2) is 16.2 Å². The second kappa shape index (κ2) is 2.87. The predicted octanol–water partition coefficient (Wildman–Crippen LogP) is 2.85. The molecular formula is C9H16IN. The Bertz CT molecular complexity index is 142. The lowest BCUT2D eigenvalue weighted by molar-refractivity contribution is 0.0186. The number of hydrogen-bond acceptors (Lipinski definition) is 1. The molecule has 0 radical (unpaired) electrons. The van der Waals surface area contributed by atoms with Gasteiger partial charge in [-0.25, -0.2) is 3.11 Å². The second-order valence-corrected chi connectivity index (χ2v) is 5.79. The van der Waals surface area contributed by atoms with Crippen LogP contribution in [0.4, 0.5) is 0 Å². The summed E-state index contributed by atoms with van der Waals surface area (Å²) in [5, 5.41) is 0. The normalized spacial score (nSPS) is 32.2. The van der Waals surface area contributed by atoms with Crippen LogP contribution < -0.4 is 0 Å². The Hall–Kier alpha value is 0.690. The van der Waals surface area contributed by atoms with Gasteiger partial charge in [0.05, 0.1) is 0 Å². The quantitative estimate of drug-likeness (QED) is 0.481. The van der Waals surface area contributed by atoms with Gasteiger partial charge in [-0.1, -0.05) is 6.92 Å². The summed E-state index contributed by atoms with van der Waals surface area (Å²) in [6, 6.07) is 0. The average Bonchev–Trinajstić information content (AvgIpc) is 1.92. The summed E-state index contributed by atoms with van der Waals surface area (Å²) in [7, 11) is 0. The molecule has 0 aromatic heterocycles. The van der Waals surface area contributed by atoms with Gasteiger partial charge in [0.15, 0.2) is 0 Å². The molecule has 1 saturated heterocycles. The van der Waals surface area contributed by atoms with E-state index in [9.17, 15) is 0 Å². The van der Waals surface area contributed by atoms with Crippen LogP contribution in [0.5, 0.6) is 0 Å². The van der Waals surface area contributed by atoms with Crippen LogP contribution in [0.25, 0.3) is 0 Å². The fraction of sp³-hybridized carbons (Fsp3) is 1.00. The highest BCUT2D eigenvalue weighted by Crippen LogP contribution is 2.52. The third kappa shape index (κ3) is 1.57. The third-order valence-corrected chi connectivity index (χ3v) is 4.30. The molecule has 1 aliphatic carbocycles. The van der Waals surface area contributed by atoms with E-state index in [1.54, 1.807) is 0 Å². The van der Waals surface area contributed by atoms with Crippen molar-refractivity contribution in [1.29, 1.82) is 0 Å². The van der Waals surface area contributed by atoms with Crippen molar-refractivity contribution in [2.45, 2.75) is 32.6 Å². The molecule has 1 spiro atoms. The maximum atomic E-state index is 2.45. The van der Waals surface area contributed by atoms with Crippen molar-refractivity contribution in [3.05, 3.63) is 0 Å². The number of halogens is 1. The minimum Gasteiger partial charge on any atom is -0.248 e. The van der Waals surface area contributed by atoms with E-state index < -0.39 is 0 Å². The van der Waals surface area contributed by atoms with Crippen molar-refractivity contribution >= 4 is 22.9 Å². The average molecular weight is 265 g/mol. The van der Waals surface area contributed by atoms with Gasteiger partial charge >= 0.3 is 0 Å². The Morgan fingerprint density at radius 2 is 1.82 bits per heavy atom. The lowest BCUT2D eigenvalue weighted by Crippen LogP contribution is -2.43. The summed E-state index contributed by atoms with van der Waals surface area (Å²) >= 11 is 2.45. The molecule has 1 aliphatic heterocycles. The minimum atomic E-state index is 0.807. The molecule has 0 aromatic carbocycles. The zero-order valence-electron chi connectivity index (χ0n) is 7.15. The van der Waals surface area contributed by atoms with Crippen molar-refractivity contribution in [1.82, 2.24) is 3.11 Å². The first-order valence-corrected chi connectivity index (χ1v) is 5.57. The van der Waals surface area contributed by atoms with Gasteiger partial charge in [0, 0.05) is 36.0 Å². The molecule has 0 amide bonds. The lowest BCUT2D eigenvalue weighted by atomic mass is 9.58. The van der Waals surface area contributed by atoms with Crippen LogP contribution in [0.1, 0.15) is 32.6 Å². The van der Waals surface area contributed by atoms with Crippen LogP contribution in [0.2, 0.25) is 0 Å². The van der Waals surface area contributed by atoms with Crippen molar-refractivity contribution in [3.63, 3.8) is 0 Å². The van der Waals surface area contributed by atoms with E-state index in [1.807, 2.05) is 0 Å². The SMILES string of the molecule is CC1CC2(CCN(I)CC2)C1. The first-order valence-electron chi connectivity index (χ1n) is 4.61. The van der Waals surface area contributed by atoms with Gasteiger partial charge in [-0.2, -0.15) is 0 Å². The molecule has 1 nitrogen and oxygen atoms in total. The fourth-order valence-corrected chi connectivity index (χ4v) is 3.26. The molecule has 1 heterocycles. The van der Waals surface area contributed by atoms with Crippen molar-refractivity contribution < 1.29 is 0 Å². The maximum Gasteiger partial charge on any atom is 0.0201 e. The lowest BCUT2D eigenvalue weighted by Gasteiger charge is -2.50. The summed E-state index contributed by atoms with van der Waals surface area (Å²) in [6.07, 6.45) is 5.94. The van der Waals surface area contributed by atoms with Crippen molar-refractivity contribution in [2.24, 2.45) is 11.3 Å². The Kier molecular flexibility index (Phi) is 2.17. The Balaban J connectivity index is 1.88. The number of hydrogen-bond donors (Lipinski definition) is 0. The Labute approximate surface area is 83.0 Å². The first-order chi connectivity index (χ1) is 5.20. The van der Waals surface area contributed by atoms with E-state index >= 15 is 0 Å². The summed E-state index contributed by atoms with van der Waals surface area (Å²) in [6.45, 7) is 5.04. The van der Waals surface area contributed by atoms with E-state index in [0.29, 0.717) is 0 Å². The van der Waals surface area contributed by atoms with Gasteiger partial charge < -0.3 is 0 Å². The van der Waals surface area contributed by atoms with Gasteiger partial charge in [0.25, 0.3) is 0 Å². The van der Waals surface area contributed by atoms with E-state index in [4.69, 9.17) is 0 Å². The third-order valence-electron chi connectivity index (χ3n) is 3.33. The highest BCUT2D eigenvalue weighted by molar-refractivity contribution is 14.1. The molecule has 1 saturated carbocycles. The van der Waals surface area contributed by atoms with Crippen LogP contribution >= 0.6 is 22.9 Å². The topological polar surface area (TPSA) is 3.24 Å². The summed E-state index contributed by atoms with van der Waals surface area (Å²) < 4.78 is 2.44. The molecule has 2 aliphatic rings. The molecule has 64 valence electrons. The monoisotopic (exact) mass is 265 g/mol. The highest BCUT2D eigenvalue weighted by Gasteiger charge is 2.43. The number of rotatable bonds is 0. The molecule has 0 bridgehead atoms. The van der Waals surface area contributed by atoms with Crippen LogP contribution in [-0.2, 0) is 0 Å². The van der Waals surface area contributed by atoms with Gasteiger partial charge in [0.2, 0.25) is 0 Å². The van der Waals surface area contributed by atoms with E-state index in [1.165, 1.54) is 38.8 Å². The summed E-state index contributed by atoms with van der Waals surface area (Å²) in [4.78, 5) is 0. The summed E-state index contributed by atoms with van der Waals surface area (Å²) in [5.74, 6) is 1.02. The summed E-state index contributed by atoms with van der Waals surface area (Å²) in [5.41, 5.74) is 0.807. The Morgan fingerprint density at radius 1 is 1.27 bits per heavy atom. The maximum absolute atomic E-state index is 2.45. The molecule has 0 unspecified atom stereocenters. The largest absolute Gasteiger partial charge is 0.248 e. The van der Waals surface area contributed by atoms with Crippen molar-refractivity contribution in [2.75, 3.05) is 13.1 Å².